The molecule has 1 aliphatic carbocycles. The molecule has 0 bridgehead atoms. The molecule has 0 heterocycles. The summed E-state index contributed by atoms with van der Waals surface area (Å²) in [5, 5.41) is 13.3. The zero-order valence-electron chi connectivity index (χ0n) is 12.1. The Morgan fingerprint density at radius 2 is 1.85 bits per heavy atom. The molecule has 2 atom stereocenters. The molecule has 1 fully saturated rings. The third-order valence-corrected chi connectivity index (χ3v) is 5.64. The first-order valence-electron chi connectivity index (χ1n) is 7.36. The fraction of sp³-hybridized carbons (Fsp3) is 0.444. The van der Waals surface area contributed by atoms with Crippen molar-refractivity contribution in [2.24, 2.45) is 11.3 Å². The minimum atomic E-state index is -0.370. The normalized spacial score (nSPS) is 23.1. The number of fused-ring (bicyclic) bond motifs is 1. The van der Waals surface area contributed by atoms with E-state index in [1.807, 2.05) is 12.1 Å². The molecule has 106 valence electrons. The van der Waals surface area contributed by atoms with Crippen LogP contribution in [-0.4, -0.2) is 5.11 Å². The number of rotatable bonds is 2. The molecular weight excluding hydrogens is 312 g/mol. The Bertz CT molecular complexity index is 632. The fourth-order valence-corrected chi connectivity index (χ4v) is 4.18. The lowest BCUT2D eigenvalue weighted by Gasteiger charge is -2.32. The Kier molecular flexibility index (Phi) is 3.64. The van der Waals surface area contributed by atoms with Crippen LogP contribution in [0.2, 0.25) is 0 Å². The second-order valence-electron chi connectivity index (χ2n) is 6.61. The van der Waals surface area contributed by atoms with E-state index in [1.54, 1.807) is 0 Å². The zero-order chi connectivity index (χ0) is 14.3. The highest BCUT2D eigenvalue weighted by Gasteiger charge is 2.39. The molecule has 0 aliphatic heterocycles. The Morgan fingerprint density at radius 3 is 2.50 bits per heavy atom. The van der Waals surface area contributed by atoms with Crippen molar-refractivity contribution in [3.63, 3.8) is 0 Å². The summed E-state index contributed by atoms with van der Waals surface area (Å²) in [4.78, 5) is 0. The molecule has 3 rings (SSSR count). The van der Waals surface area contributed by atoms with Gasteiger partial charge in [-0.05, 0) is 46.6 Å². The average Bonchev–Trinajstić information content (AvgIpc) is 2.78. The summed E-state index contributed by atoms with van der Waals surface area (Å²) >= 11 is 3.60. The highest BCUT2D eigenvalue weighted by molar-refractivity contribution is 9.10. The molecule has 1 nitrogen and oxygen atoms in total. The summed E-state index contributed by atoms with van der Waals surface area (Å²) in [6.45, 7) is 4.57. The Hall–Kier alpha value is -0.860. The largest absolute Gasteiger partial charge is 0.388 e. The summed E-state index contributed by atoms with van der Waals surface area (Å²) in [6.07, 6.45) is 3.19. The Balaban J connectivity index is 2.08. The first-order chi connectivity index (χ1) is 9.50. The molecule has 2 aromatic rings. The van der Waals surface area contributed by atoms with Crippen LogP contribution in [0.25, 0.3) is 10.8 Å². The molecule has 1 aliphatic rings. The van der Waals surface area contributed by atoms with Crippen molar-refractivity contribution in [1.29, 1.82) is 0 Å². The first kappa shape index (κ1) is 14.1. The van der Waals surface area contributed by atoms with E-state index in [0.29, 0.717) is 5.92 Å². The van der Waals surface area contributed by atoms with Crippen LogP contribution in [0, 0.1) is 11.3 Å². The maximum absolute atomic E-state index is 10.9. The number of benzene rings is 2. The third-order valence-electron chi connectivity index (χ3n) is 4.94. The van der Waals surface area contributed by atoms with Crippen molar-refractivity contribution in [3.05, 3.63) is 46.4 Å². The van der Waals surface area contributed by atoms with E-state index in [0.717, 1.165) is 21.8 Å². The van der Waals surface area contributed by atoms with Crippen LogP contribution in [0.5, 0.6) is 0 Å². The molecular formula is C18H21BrO. The maximum atomic E-state index is 10.9. The van der Waals surface area contributed by atoms with Crippen molar-refractivity contribution in [2.45, 2.75) is 39.2 Å². The van der Waals surface area contributed by atoms with Gasteiger partial charge in [-0.1, -0.05) is 66.5 Å². The monoisotopic (exact) mass is 332 g/mol. The summed E-state index contributed by atoms with van der Waals surface area (Å²) in [7, 11) is 0. The lowest BCUT2D eigenvalue weighted by Crippen LogP contribution is -2.24. The van der Waals surface area contributed by atoms with Gasteiger partial charge < -0.3 is 5.11 Å². The smallest absolute Gasteiger partial charge is 0.0829 e. The van der Waals surface area contributed by atoms with E-state index in [1.165, 1.54) is 18.2 Å². The van der Waals surface area contributed by atoms with Crippen molar-refractivity contribution in [3.8, 4) is 0 Å². The van der Waals surface area contributed by atoms with Gasteiger partial charge in [0.15, 0.2) is 0 Å². The lowest BCUT2D eigenvalue weighted by molar-refractivity contribution is 0.0542. The molecule has 2 unspecified atom stereocenters. The molecule has 0 radical (unpaired) electrons. The van der Waals surface area contributed by atoms with E-state index in [9.17, 15) is 5.11 Å². The first-order valence-corrected chi connectivity index (χ1v) is 8.15. The lowest BCUT2D eigenvalue weighted by atomic mass is 9.76. The number of halogens is 1. The van der Waals surface area contributed by atoms with Crippen molar-refractivity contribution >= 4 is 26.7 Å². The van der Waals surface area contributed by atoms with E-state index >= 15 is 0 Å². The zero-order valence-corrected chi connectivity index (χ0v) is 13.7. The Labute approximate surface area is 129 Å². The molecule has 2 heteroatoms. The molecule has 2 aromatic carbocycles. The highest BCUT2D eigenvalue weighted by Crippen LogP contribution is 2.49. The quantitative estimate of drug-likeness (QED) is 0.773. The maximum Gasteiger partial charge on any atom is 0.0829 e. The molecule has 20 heavy (non-hydrogen) atoms. The van der Waals surface area contributed by atoms with E-state index in [-0.39, 0.29) is 11.5 Å². The minimum Gasteiger partial charge on any atom is -0.388 e. The molecule has 0 aromatic heterocycles. The number of hydrogen-bond donors (Lipinski definition) is 1. The number of aliphatic hydroxyl groups is 1. The molecule has 0 spiro atoms. The molecule has 1 N–H and O–H groups in total. The SMILES string of the molecule is CC1(C)CCCC1C(O)c1ccc(Br)c2ccccc12. The van der Waals surface area contributed by atoms with Gasteiger partial charge in [0.05, 0.1) is 6.10 Å². The third kappa shape index (κ3) is 2.29. The van der Waals surface area contributed by atoms with Crippen LogP contribution < -0.4 is 0 Å². The van der Waals surface area contributed by atoms with Gasteiger partial charge in [0.1, 0.15) is 0 Å². The summed E-state index contributed by atoms with van der Waals surface area (Å²) in [5.41, 5.74) is 1.30. The van der Waals surface area contributed by atoms with E-state index < -0.39 is 0 Å². The fourth-order valence-electron chi connectivity index (χ4n) is 3.70. The van der Waals surface area contributed by atoms with Crippen molar-refractivity contribution < 1.29 is 5.11 Å². The van der Waals surface area contributed by atoms with Crippen LogP contribution in [0.15, 0.2) is 40.9 Å². The predicted molar refractivity (Wildman–Crippen MR) is 87.7 cm³/mol. The standard InChI is InChI=1S/C18H21BrO/c1-18(2)11-5-8-15(18)17(20)14-9-10-16(19)13-7-4-3-6-12(13)14/h3-4,6-7,9-10,15,17,20H,5,8,11H2,1-2H3. The van der Waals surface area contributed by atoms with Crippen molar-refractivity contribution in [2.75, 3.05) is 0 Å². The topological polar surface area (TPSA) is 20.2 Å². The van der Waals surface area contributed by atoms with Gasteiger partial charge in [0.25, 0.3) is 0 Å². The van der Waals surface area contributed by atoms with Crippen molar-refractivity contribution in [1.82, 2.24) is 0 Å². The number of hydrogen-bond acceptors (Lipinski definition) is 1. The molecule has 0 amide bonds. The molecule has 1 saturated carbocycles. The van der Waals surface area contributed by atoms with Gasteiger partial charge in [0.2, 0.25) is 0 Å². The van der Waals surface area contributed by atoms with Gasteiger partial charge in [-0.3, -0.25) is 0 Å². The van der Waals surface area contributed by atoms with Gasteiger partial charge in [-0.25, -0.2) is 0 Å². The second-order valence-corrected chi connectivity index (χ2v) is 7.47. The van der Waals surface area contributed by atoms with Gasteiger partial charge in [-0.2, -0.15) is 0 Å². The summed E-state index contributed by atoms with van der Waals surface area (Å²) < 4.78 is 1.09. The number of aliphatic hydroxyl groups excluding tert-OH is 1. The molecule has 0 saturated heterocycles. The van der Waals surface area contributed by atoms with Gasteiger partial charge in [-0.15, -0.1) is 0 Å². The van der Waals surface area contributed by atoms with Crippen LogP contribution in [0.3, 0.4) is 0 Å². The van der Waals surface area contributed by atoms with Crippen LogP contribution >= 0.6 is 15.9 Å². The summed E-state index contributed by atoms with van der Waals surface area (Å²) in [5.74, 6) is 0.354. The Morgan fingerprint density at radius 1 is 1.15 bits per heavy atom. The van der Waals surface area contributed by atoms with E-state index in [4.69, 9.17) is 0 Å². The van der Waals surface area contributed by atoms with Crippen LogP contribution in [0.4, 0.5) is 0 Å². The highest BCUT2D eigenvalue weighted by atomic mass is 79.9. The second kappa shape index (κ2) is 5.16. The van der Waals surface area contributed by atoms with Gasteiger partial charge in [0, 0.05) is 4.47 Å². The van der Waals surface area contributed by atoms with Crippen LogP contribution in [0.1, 0.15) is 44.8 Å². The van der Waals surface area contributed by atoms with Gasteiger partial charge >= 0.3 is 0 Å². The summed E-state index contributed by atoms with van der Waals surface area (Å²) in [6, 6.07) is 12.4. The predicted octanol–water partition coefficient (Wildman–Crippen LogP) is 5.46. The minimum absolute atomic E-state index is 0.230. The van der Waals surface area contributed by atoms with E-state index in [2.05, 4.69) is 54.0 Å². The average molecular weight is 333 g/mol. The van der Waals surface area contributed by atoms with Crippen LogP contribution in [-0.2, 0) is 0 Å².